The highest BCUT2D eigenvalue weighted by molar-refractivity contribution is 6.21. The van der Waals surface area contributed by atoms with Crippen LogP contribution in [0, 0.1) is 0 Å². The number of ether oxygens (including phenoxy) is 1. The van der Waals surface area contributed by atoms with E-state index in [2.05, 4.69) is 4.98 Å². The topological polar surface area (TPSA) is 76.6 Å². The molecule has 0 saturated heterocycles. The zero-order chi connectivity index (χ0) is 18.8. The van der Waals surface area contributed by atoms with E-state index in [9.17, 15) is 14.4 Å². The molecule has 2 aromatic carbocycles. The molecule has 0 bridgehead atoms. The summed E-state index contributed by atoms with van der Waals surface area (Å²) in [5.41, 5.74) is 2.31. The quantitative estimate of drug-likeness (QED) is 0.516. The number of fused-ring (bicyclic) bond motifs is 2. The molecule has 4 rings (SSSR count). The average Bonchev–Trinajstić information content (AvgIpc) is 2.93. The van der Waals surface area contributed by atoms with Gasteiger partial charge < -0.3 is 4.74 Å². The molecule has 0 unspecified atom stereocenters. The van der Waals surface area contributed by atoms with Crippen LogP contribution in [0.25, 0.3) is 10.9 Å². The Bertz CT molecular complexity index is 1020. The van der Waals surface area contributed by atoms with E-state index in [-0.39, 0.29) is 31.4 Å². The number of hydrogen-bond donors (Lipinski definition) is 0. The predicted molar refractivity (Wildman–Crippen MR) is 98.2 cm³/mol. The van der Waals surface area contributed by atoms with E-state index in [1.54, 1.807) is 30.5 Å². The van der Waals surface area contributed by atoms with Crippen LogP contribution in [0.4, 0.5) is 0 Å². The van der Waals surface area contributed by atoms with Gasteiger partial charge in [0.25, 0.3) is 11.8 Å². The standard InChI is InChI=1S/C21H16N2O4/c24-18(13-15-6-3-5-14-7-4-10-22-19(14)15)27-12-11-23-20(25)16-8-1-2-9-17(16)21(23)26/h1-10H,11-13H2. The molecule has 27 heavy (non-hydrogen) atoms. The van der Waals surface area contributed by atoms with E-state index in [0.717, 1.165) is 21.4 Å². The van der Waals surface area contributed by atoms with E-state index in [1.165, 1.54) is 0 Å². The number of nitrogens with zero attached hydrogens (tertiary/aromatic N) is 2. The fourth-order valence-corrected chi connectivity index (χ4v) is 3.21. The maximum Gasteiger partial charge on any atom is 0.310 e. The van der Waals surface area contributed by atoms with Gasteiger partial charge in [0.15, 0.2) is 0 Å². The zero-order valence-corrected chi connectivity index (χ0v) is 14.4. The summed E-state index contributed by atoms with van der Waals surface area (Å²) < 4.78 is 5.24. The first-order valence-corrected chi connectivity index (χ1v) is 8.58. The lowest BCUT2D eigenvalue weighted by Crippen LogP contribution is -2.33. The minimum Gasteiger partial charge on any atom is -0.464 e. The molecule has 1 aliphatic heterocycles. The Morgan fingerprint density at radius 1 is 0.926 bits per heavy atom. The Morgan fingerprint density at radius 2 is 1.63 bits per heavy atom. The van der Waals surface area contributed by atoms with Gasteiger partial charge in [-0.3, -0.25) is 24.3 Å². The Morgan fingerprint density at radius 3 is 2.37 bits per heavy atom. The minimum absolute atomic E-state index is 0.0336. The van der Waals surface area contributed by atoms with Crippen LogP contribution in [0.3, 0.4) is 0 Å². The Hall–Kier alpha value is -3.54. The second kappa shape index (κ2) is 6.99. The Labute approximate surface area is 155 Å². The van der Waals surface area contributed by atoms with E-state index in [4.69, 9.17) is 4.74 Å². The molecule has 0 atom stereocenters. The van der Waals surface area contributed by atoms with Crippen LogP contribution in [0.15, 0.2) is 60.8 Å². The summed E-state index contributed by atoms with van der Waals surface area (Å²) in [6, 6.07) is 16.1. The van der Waals surface area contributed by atoms with Crippen molar-refractivity contribution in [1.82, 2.24) is 9.88 Å². The van der Waals surface area contributed by atoms with E-state index >= 15 is 0 Å². The molecular formula is C21H16N2O4. The molecule has 0 spiro atoms. The number of carbonyl (C=O) groups excluding carboxylic acids is 3. The zero-order valence-electron chi connectivity index (χ0n) is 14.4. The number of rotatable bonds is 5. The molecule has 1 aromatic heterocycles. The van der Waals surface area contributed by atoms with Crippen molar-refractivity contribution in [3.05, 3.63) is 77.5 Å². The molecular weight excluding hydrogens is 344 g/mol. The van der Waals surface area contributed by atoms with Gasteiger partial charge >= 0.3 is 5.97 Å². The molecule has 0 saturated carbocycles. The van der Waals surface area contributed by atoms with Gasteiger partial charge in [0.05, 0.1) is 29.6 Å². The van der Waals surface area contributed by atoms with Crippen LogP contribution in [0.2, 0.25) is 0 Å². The summed E-state index contributed by atoms with van der Waals surface area (Å²) in [6.45, 7) is -0.00558. The largest absolute Gasteiger partial charge is 0.464 e. The highest BCUT2D eigenvalue weighted by atomic mass is 16.5. The van der Waals surface area contributed by atoms with Crippen molar-refractivity contribution < 1.29 is 19.1 Å². The molecule has 0 fully saturated rings. The van der Waals surface area contributed by atoms with Crippen molar-refractivity contribution in [2.45, 2.75) is 6.42 Å². The van der Waals surface area contributed by atoms with E-state index in [0.29, 0.717) is 11.1 Å². The van der Waals surface area contributed by atoms with E-state index in [1.807, 2.05) is 30.3 Å². The lowest BCUT2D eigenvalue weighted by molar-refractivity contribution is -0.143. The first kappa shape index (κ1) is 16.9. The fraction of sp³-hybridized carbons (Fsp3) is 0.143. The van der Waals surface area contributed by atoms with Crippen LogP contribution < -0.4 is 0 Å². The summed E-state index contributed by atoms with van der Waals surface area (Å²) >= 11 is 0. The summed E-state index contributed by atoms with van der Waals surface area (Å²) in [7, 11) is 0. The van der Waals surface area contributed by atoms with Crippen LogP contribution in [-0.2, 0) is 16.0 Å². The number of pyridine rings is 1. The third-order valence-electron chi connectivity index (χ3n) is 4.51. The lowest BCUT2D eigenvalue weighted by atomic mass is 10.1. The van der Waals surface area contributed by atoms with Gasteiger partial charge in [0, 0.05) is 11.6 Å². The Balaban J connectivity index is 1.37. The monoisotopic (exact) mass is 360 g/mol. The molecule has 6 nitrogen and oxygen atoms in total. The number of benzene rings is 2. The lowest BCUT2D eigenvalue weighted by Gasteiger charge is -2.14. The van der Waals surface area contributed by atoms with Gasteiger partial charge in [-0.05, 0) is 23.8 Å². The number of amides is 2. The van der Waals surface area contributed by atoms with Gasteiger partial charge in [-0.15, -0.1) is 0 Å². The second-order valence-corrected chi connectivity index (χ2v) is 6.20. The summed E-state index contributed by atoms with van der Waals surface area (Å²) in [4.78, 5) is 42.1. The summed E-state index contributed by atoms with van der Waals surface area (Å²) in [5, 5.41) is 0.953. The smallest absolute Gasteiger partial charge is 0.310 e. The van der Waals surface area contributed by atoms with Crippen molar-refractivity contribution in [3.63, 3.8) is 0 Å². The highest BCUT2D eigenvalue weighted by Gasteiger charge is 2.34. The van der Waals surface area contributed by atoms with Gasteiger partial charge in [-0.1, -0.05) is 36.4 Å². The third-order valence-corrected chi connectivity index (χ3v) is 4.51. The number of imide groups is 1. The van der Waals surface area contributed by atoms with E-state index < -0.39 is 5.97 Å². The first-order valence-electron chi connectivity index (χ1n) is 8.58. The number of esters is 1. The van der Waals surface area contributed by atoms with Gasteiger partial charge in [-0.25, -0.2) is 0 Å². The van der Waals surface area contributed by atoms with Crippen molar-refractivity contribution in [2.75, 3.05) is 13.2 Å². The summed E-state index contributed by atoms with van der Waals surface area (Å²) in [6.07, 6.45) is 1.76. The molecule has 6 heteroatoms. The van der Waals surface area contributed by atoms with Crippen molar-refractivity contribution >= 4 is 28.7 Å². The number of hydrogen-bond acceptors (Lipinski definition) is 5. The number of aromatic nitrogens is 1. The third kappa shape index (κ3) is 3.17. The van der Waals surface area contributed by atoms with Gasteiger partial charge in [0.2, 0.25) is 0 Å². The Kier molecular flexibility index (Phi) is 4.38. The maximum absolute atomic E-state index is 12.3. The maximum atomic E-state index is 12.3. The first-order chi connectivity index (χ1) is 13.1. The minimum atomic E-state index is -0.426. The molecule has 3 aromatic rings. The SMILES string of the molecule is O=C(Cc1cccc2cccnc12)OCCN1C(=O)c2ccccc2C1=O. The molecule has 2 amide bonds. The molecule has 0 aliphatic carbocycles. The van der Waals surface area contributed by atoms with Crippen LogP contribution in [0.5, 0.6) is 0 Å². The summed E-state index contributed by atoms with van der Waals surface area (Å²) in [5.74, 6) is -1.14. The van der Waals surface area contributed by atoms with Crippen molar-refractivity contribution in [2.24, 2.45) is 0 Å². The highest BCUT2D eigenvalue weighted by Crippen LogP contribution is 2.22. The predicted octanol–water partition coefficient (Wildman–Crippen LogP) is 2.62. The molecule has 2 heterocycles. The van der Waals surface area contributed by atoms with Crippen molar-refractivity contribution in [1.29, 1.82) is 0 Å². The normalized spacial score (nSPS) is 13.1. The average molecular weight is 360 g/mol. The van der Waals surface area contributed by atoms with Gasteiger partial charge in [0.1, 0.15) is 6.61 Å². The molecule has 1 aliphatic rings. The number of carbonyl (C=O) groups is 3. The molecule has 0 radical (unpaired) electrons. The van der Waals surface area contributed by atoms with Crippen LogP contribution >= 0.6 is 0 Å². The van der Waals surface area contributed by atoms with Gasteiger partial charge in [-0.2, -0.15) is 0 Å². The van der Waals surface area contributed by atoms with Crippen LogP contribution in [0.1, 0.15) is 26.3 Å². The second-order valence-electron chi connectivity index (χ2n) is 6.20. The van der Waals surface area contributed by atoms with Crippen molar-refractivity contribution in [3.8, 4) is 0 Å². The fourth-order valence-electron chi connectivity index (χ4n) is 3.21. The molecule has 0 N–H and O–H groups in total. The number of para-hydroxylation sites is 1. The van der Waals surface area contributed by atoms with Crippen LogP contribution in [-0.4, -0.2) is 40.8 Å². The molecule has 134 valence electrons.